The van der Waals surface area contributed by atoms with Crippen molar-refractivity contribution in [2.75, 3.05) is 26.1 Å². The highest BCUT2D eigenvalue weighted by atomic mass is 32.1. The lowest BCUT2D eigenvalue weighted by molar-refractivity contribution is 0.394. The maximum absolute atomic E-state index is 5.30. The monoisotopic (exact) mass is 278 g/mol. The highest BCUT2D eigenvalue weighted by Gasteiger charge is 2.12. The largest absolute Gasteiger partial charge is 0.480 e. The minimum Gasteiger partial charge on any atom is -0.480 e. The van der Waals surface area contributed by atoms with Gasteiger partial charge in [-0.1, -0.05) is 17.4 Å². The van der Waals surface area contributed by atoms with E-state index in [-0.39, 0.29) is 0 Å². The Morgan fingerprint density at radius 2 is 2.16 bits per heavy atom. The normalized spacial score (nSPS) is 10.5. The topological polar surface area (TPSA) is 50.3 Å². The fourth-order valence-electron chi connectivity index (χ4n) is 1.60. The summed E-state index contributed by atoms with van der Waals surface area (Å²) in [4.78, 5) is 11.8. The molecule has 0 aliphatic carbocycles. The molecule has 19 heavy (non-hydrogen) atoms. The molecule has 2 aromatic heterocycles. The van der Waals surface area contributed by atoms with Crippen LogP contribution in [0.25, 0.3) is 0 Å². The van der Waals surface area contributed by atoms with Gasteiger partial charge >= 0.3 is 0 Å². The summed E-state index contributed by atoms with van der Waals surface area (Å²) in [5.74, 6) is 0.697. The molecule has 0 saturated heterocycles. The molecule has 2 rings (SSSR count). The zero-order chi connectivity index (χ0) is 13.7. The fourth-order valence-corrected chi connectivity index (χ4v) is 2.52. The van der Waals surface area contributed by atoms with Gasteiger partial charge in [-0.05, 0) is 12.1 Å². The predicted molar refractivity (Wildman–Crippen MR) is 77.8 cm³/mol. The van der Waals surface area contributed by atoms with Crippen LogP contribution in [0.15, 0.2) is 24.4 Å². The van der Waals surface area contributed by atoms with E-state index in [1.54, 1.807) is 24.6 Å². The summed E-state index contributed by atoms with van der Waals surface area (Å²) in [6.45, 7) is 1.46. The molecule has 0 saturated carbocycles. The molecule has 0 spiro atoms. The Morgan fingerprint density at radius 3 is 2.79 bits per heavy atom. The molecule has 0 unspecified atom stereocenters. The second-order valence-electron chi connectivity index (χ2n) is 4.25. The second kappa shape index (κ2) is 6.49. The standard InChI is InChI=1S/C13H18N4OS/c1-17(2)13-16-12(18-3)11(19-13)9-14-8-10-6-4-5-7-15-10/h4-7,14H,8-9H2,1-3H3. The Labute approximate surface area is 117 Å². The van der Waals surface area contributed by atoms with E-state index in [9.17, 15) is 0 Å². The van der Waals surface area contributed by atoms with Gasteiger partial charge in [-0.2, -0.15) is 4.98 Å². The van der Waals surface area contributed by atoms with Crippen molar-refractivity contribution in [2.45, 2.75) is 13.1 Å². The molecule has 0 aromatic carbocycles. The van der Waals surface area contributed by atoms with Crippen LogP contribution in [0.1, 0.15) is 10.6 Å². The summed E-state index contributed by atoms with van der Waals surface area (Å²) in [5, 5.41) is 4.30. The van der Waals surface area contributed by atoms with Crippen molar-refractivity contribution in [3.05, 3.63) is 35.0 Å². The van der Waals surface area contributed by atoms with Crippen molar-refractivity contribution in [1.29, 1.82) is 0 Å². The third-order valence-corrected chi connectivity index (χ3v) is 3.75. The first-order valence-corrected chi connectivity index (χ1v) is 6.84. The number of nitrogens with one attached hydrogen (secondary N) is 1. The number of pyridine rings is 1. The first kappa shape index (κ1) is 13.8. The van der Waals surface area contributed by atoms with E-state index in [0.29, 0.717) is 5.88 Å². The molecule has 2 heterocycles. The molecule has 0 bridgehead atoms. The van der Waals surface area contributed by atoms with E-state index in [1.807, 2.05) is 37.2 Å². The van der Waals surface area contributed by atoms with Gasteiger partial charge in [0.1, 0.15) is 0 Å². The number of ether oxygens (including phenoxy) is 1. The Kier molecular flexibility index (Phi) is 4.70. The van der Waals surface area contributed by atoms with E-state index in [2.05, 4.69) is 15.3 Å². The smallest absolute Gasteiger partial charge is 0.230 e. The van der Waals surface area contributed by atoms with Gasteiger partial charge in [0.2, 0.25) is 5.88 Å². The molecule has 102 valence electrons. The lowest BCUT2D eigenvalue weighted by atomic mass is 10.3. The molecule has 0 radical (unpaired) electrons. The minimum atomic E-state index is 0.697. The molecular formula is C13H18N4OS. The Balaban J connectivity index is 1.95. The lowest BCUT2D eigenvalue weighted by Crippen LogP contribution is -2.13. The number of hydrogen-bond donors (Lipinski definition) is 1. The summed E-state index contributed by atoms with van der Waals surface area (Å²) in [6, 6.07) is 5.91. The number of nitrogens with zero attached hydrogens (tertiary/aromatic N) is 3. The van der Waals surface area contributed by atoms with Crippen molar-refractivity contribution in [3.8, 4) is 5.88 Å². The van der Waals surface area contributed by atoms with Gasteiger partial charge in [0.25, 0.3) is 0 Å². The Morgan fingerprint density at radius 1 is 1.32 bits per heavy atom. The van der Waals surface area contributed by atoms with Crippen LogP contribution >= 0.6 is 11.3 Å². The molecule has 1 N–H and O–H groups in total. The fraction of sp³-hybridized carbons (Fsp3) is 0.385. The van der Waals surface area contributed by atoms with Crippen LogP contribution in [0.4, 0.5) is 5.13 Å². The number of rotatable bonds is 6. The van der Waals surface area contributed by atoms with Crippen molar-refractivity contribution in [2.24, 2.45) is 0 Å². The van der Waals surface area contributed by atoms with Crippen LogP contribution in [-0.2, 0) is 13.1 Å². The van der Waals surface area contributed by atoms with E-state index in [4.69, 9.17) is 4.74 Å². The molecular weight excluding hydrogens is 260 g/mol. The second-order valence-corrected chi connectivity index (χ2v) is 5.31. The zero-order valence-electron chi connectivity index (χ0n) is 11.4. The summed E-state index contributed by atoms with van der Waals surface area (Å²) in [5.41, 5.74) is 1.03. The van der Waals surface area contributed by atoms with Crippen LogP contribution in [0, 0.1) is 0 Å². The summed E-state index contributed by atoms with van der Waals surface area (Å²) in [6.07, 6.45) is 1.80. The highest BCUT2D eigenvalue weighted by molar-refractivity contribution is 7.15. The lowest BCUT2D eigenvalue weighted by Gasteiger charge is -2.05. The number of thiazole rings is 1. The average molecular weight is 278 g/mol. The van der Waals surface area contributed by atoms with Crippen molar-refractivity contribution < 1.29 is 4.74 Å². The average Bonchev–Trinajstić information content (AvgIpc) is 2.83. The van der Waals surface area contributed by atoms with Gasteiger partial charge < -0.3 is 15.0 Å². The molecule has 0 aliphatic rings. The van der Waals surface area contributed by atoms with E-state index >= 15 is 0 Å². The van der Waals surface area contributed by atoms with Gasteiger partial charge in [-0.25, -0.2) is 0 Å². The van der Waals surface area contributed by atoms with Gasteiger partial charge in [0.15, 0.2) is 5.13 Å². The SMILES string of the molecule is COc1nc(N(C)C)sc1CNCc1ccccn1. The van der Waals surface area contributed by atoms with E-state index in [1.165, 1.54) is 0 Å². The highest BCUT2D eigenvalue weighted by Crippen LogP contribution is 2.30. The third-order valence-electron chi connectivity index (χ3n) is 2.54. The van der Waals surface area contributed by atoms with Crippen LogP contribution < -0.4 is 15.0 Å². The molecule has 0 aliphatic heterocycles. The van der Waals surface area contributed by atoms with Crippen LogP contribution in [0.2, 0.25) is 0 Å². The quantitative estimate of drug-likeness (QED) is 0.874. The minimum absolute atomic E-state index is 0.697. The van der Waals surface area contributed by atoms with Gasteiger partial charge in [-0.15, -0.1) is 0 Å². The van der Waals surface area contributed by atoms with Crippen molar-refractivity contribution in [1.82, 2.24) is 15.3 Å². The molecule has 0 fully saturated rings. The molecule has 0 atom stereocenters. The number of hydrogen-bond acceptors (Lipinski definition) is 6. The van der Waals surface area contributed by atoms with Gasteiger partial charge in [-0.3, -0.25) is 4.98 Å². The molecule has 6 heteroatoms. The number of aromatic nitrogens is 2. The predicted octanol–water partition coefficient (Wildman–Crippen LogP) is 1.90. The zero-order valence-corrected chi connectivity index (χ0v) is 12.2. The summed E-state index contributed by atoms with van der Waals surface area (Å²) < 4.78 is 5.30. The van der Waals surface area contributed by atoms with Crippen LogP contribution in [-0.4, -0.2) is 31.2 Å². The number of anilines is 1. The van der Waals surface area contributed by atoms with E-state index in [0.717, 1.165) is 28.8 Å². The first-order chi connectivity index (χ1) is 9.20. The van der Waals surface area contributed by atoms with Crippen molar-refractivity contribution >= 4 is 16.5 Å². The Bertz CT molecular complexity index is 513. The van der Waals surface area contributed by atoms with Gasteiger partial charge in [0, 0.05) is 33.4 Å². The van der Waals surface area contributed by atoms with E-state index < -0.39 is 0 Å². The maximum Gasteiger partial charge on any atom is 0.230 e. The van der Waals surface area contributed by atoms with Crippen LogP contribution in [0.3, 0.4) is 0 Å². The number of methoxy groups -OCH3 is 1. The summed E-state index contributed by atoms with van der Waals surface area (Å²) in [7, 11) is 5.60. The Hall–Kier alpha value is -1.66. The molecule has 5 nitrogen and oxygen atoms in total. The first-order valence-electron chi connectivity index (χ1n) is 6.02. The maximum atomic E-state index is 5.30. The van der Waals surface area contributed by atoms with Crippen molar-refractivity contribution in [3.63, 3.8) is 0 Å². The van der Waals surface area contributed by atoms with Gasteiger partial charge in [0.05, 0.1) is 17.7 Å². The molecule has 0 amide bonds. The van der Waals surface area contributed by atoms with Crippen LogP contribution in [0.5, 0.6) is 5.88 Å². The third kappa shape index (κ3) is 3.65. The molecule has 2 aromatic rings. The summed E-state index contributed by atoms with van der Waals surface area (Å²) >= 11 is 1.63.